The molecule has 0 radical (unpaired) electrons. The van der Waals surface area contributed by atoms with Crippen molar-refractivity contribution in [2.24, 2.45) is 7.05 Å². The first-order valence-electron chi connectivity index (χ1n) is 8.32. The lowest BCUT2D eigenvalue weighted by Crippen LogP contribution is -2.47. The fourth-order valence-electron chi connectivity index (χ4n) is 4.22. The second kappa shape index (κ2) is 4.81. The van der Waals surface area contributed by atoms with E-state index in [2.05, 4.69) is 5.10 Å². The molecule has 0 aromatic carbocycles. The van der Waals surface area contributed by atoms with E-state index in [1.54, 1.807) is 21.5 Å². The van der Waals surface area contributed by atoms with Crippen LogP contribution in [0.15, 0.2) is 6.07 Å². The molecule has 8 nitrogen and oxygen atoms in total. The molecular formula is C16H21N5O3. The maximum atomic E-state index is 12.9. The summed E-state index contributed by atoms with van der Waals surface area (Å²) in [6, 6.07) is 0.817. The van der Waals surface area contributed by atoms with E-state index in [1.165, 1.54) is 4.90 Å². The number of rotatable bonds is 2. The third-order valence-electron chi connectivity index (χ3n) is 5.50. The molecule has 4 rings (SSSR count). The second-order valence-electron chi connectivity index (χ2n) is 7.05. The van der Waals surface area contributed by atoms with Gasteiger partial charge >= 0.3 is 6.03 Å². The number of amides is 4. The van der Waals surface area contributed by atoms with Gasteiger partial charge in [0.2, 0.25) is 0 Å². The summed E-state index contributed by atoms with van der Waals surface area (Å²) in [7, 11) is 1.78. The summed E-state index contributed by atoms with van der Waals surface area (Å²) in [4.78, 5) is 42.9. The molecule has 0 aliphatic carbocycles. The van der Waals surface area contributed by atoms with Gasteiger partial charge in [-0.2, -0.15) is 5.10 Å². The SMILES string of the molecule is Cc1cc(N2CC[C@H](N3C(=O)N4CCC[C@]4(C)C3=O)C2=O)n(C)n1. The van der Waals surface area contributed by atoms with Gasteiger partial charge in [-0.05, 0) is 33.1 Å². The van der Waals surface area contributed by atoms with E-state index in [0.29, 0.717) is 31.7 Å². The normalized spacial score (nSPS) is 30.0. The first kappa shape index (κ1) is 15.2. The van der Waals surface area contributed by atoms with Crippen LogP contribution in [0.1, 0.15) is 31.9 Å². The van der Waals surface area contributed by atoms with Crippen molar-refractivity contribution in [2.45, 2.75) is 44.7 Å². The van der Waals surface area contributed by atoms with E-state index in [9.17, 15) is 14.4 Å². The zero-order valence-electron chi connectivity index (χ0n) is 14.2. The number of hydrogen-bond acceptors (Lipinski definition) is 4. The molecule has 24 heavy (non-hydrogen) atoms. The van der Waals surface area contributed by atoms with Crippen LogP contribution in [0.25, 0.3) is 0 Å². The molecule has 3 saturated heterocycles. The van der Waals surface area contributed by atoms with Crippen molar-refractivity contribution in [1.29, 1.82) is 0 Å². The molecule has 1 aromatic rings. The molecule has 3 fully saturated rings. The topological polar surface area (TPSA) is 78.8 Å². The highest BCUT2D eigenvalue weighted by atomic mass is 16.2. The minimum atomic E-state index is -0.770. The van der Waals surface area contributed by atoms with Gasteiger partial charge in [0.25, 0.3) is 11.8 Å². The average Bonchev–Trinajstić information content (AvgIpc) is 3.21. The van der Waals surface area contributed by atoms with Crippen molar-refractivity contribution >= 4 is 23.7 Å². The van der Waals surface area contributed by atoms with E-state index in [1.807, 2.05) is 19.9 Å². The van der Waals surface area contributed by atoms with Crippen molar-refractivity contribution in [1.82, 2.24) is 19.6 Å². The lowest BCUT2D eigenvalue weighted by molar-refractivity contribution is -0.136. The highest BCUT2D eigenvalue weighted by molar-refractivity contribution is 6.12. The zero-order chi connectivity index (χ0) is 17.2. The lowest BCUT2D eigenvalue weighted by atomic mass is 9.99. The highest BCUT2D eigenvalue weighted by Gasteiger charge is 2.60. The van der Waals surface area contributed by atoms with Crippen LogP contribution in [0.4, 0.5) is 10.6 Å². The summed E-state index contributed by atoms with van der Waals surface area (Å²) in [5, 5.41) is 4.27. The van der Waals surface area contributed by atoms with Crippen LogP contribution in [0.3, 0.4) is 0 Å². The van der Waals surface area contributed by atoms with Gasteiger partial charge in [-0.15, -0.1) is 0 Å². The quantitative estimate of drug-likeness (QED) is 0.746. The van der Waals surface area contributed by atoms with Gasteiger partial charge in [-0.25, -0.2) is 9.69 Å². The van der Waals surface area contributed by atoms with Gasteiger partial charge in [0.15, 0.2) is 0 Å². The number of hydrogen-bond donors (Lipinski definition) is 0. The summed E-state index contributed by atoms with van der Waals surface area (Å²) >= 11 is 0. The first-order valence-corrected chi connectivity index (χ1v) is 8.32. The Morgan fingerprint density at radius 3 is 2.62 bits per heavy atom. The summed E-state index contributed by atoms with van der Waals surface area (Å²) in [5.74, 6) is 0.265. The summed E-state index contributed by atoms with van der Waals surface area (Å²) < 4.78 is 1.66. The van der Waals surface area contributed by atoms with Gasteiger partial charge in [0.1, 0.15) is 17.4 Å². The standard InChI is InChI=1S/C16H21N5O3/c1-10-9-12(18(3)17-10)19-8-5-11(13(19)22)21-14(23)16(2)6-4-7-20(16)15(21)24/h9,11H,4-8H2,1-3H3/t11-,16+/m0/s1. The predicted octanol–water partition coefficient (Wildman–Crippen LogP) is 0.651. The Kier molecular flexibility index (Phi) is 3.04. The molecule has 3 aliphatic rings. The smallest absolute Gasteiger partial charge is 0.310 e. The Bertz CT molecular complexity index is 757. The van der Waals surface area contributed by atoms with Crippen LogP contribution in [0, 0.1) is 6.92 Å². The van der Waals surface area contributed by atoms with Crippen LogP contribution in [-0.2, 0) is 16.6 Å². The Morgan fingerprint density at radius 1 is 1.25 bits per heavy atom. The molecule has 8 heteroatoms. The number of urea groups is 1. The number of aromatic nitrogens is 2. The number of carbonyl (C=O) groups excluding carboxylic acids is 3. The van der Waals surface area contributed by atoms with E-state index < -0.39 is 11.6 Å². The van der Waals surface area contributed by atoms with E-state index in [4.69, 9.17) is 0 Å². The van der Waals surface area contributed by atoms with Gasteiger partial charge in [-0.1, -0.05) is 0 Å². The molecule has 128 valence electrons. The van der Waals surface area contributed by atoms with Crippen LogP contribution in [0.2, 0.25) is 0 Å². The Hall–Kier alpha value is -2.38. The molecule has 0 saturated carbocycles. The Morgan fingerprint density at radius 2 is 2.00 bits per heavy atom. The average molecular weight is 331 g/mol. The van der Waals surface area contributed by atoms with Crippen molar-refractivity contribution in [3.8, 4) is 0 Å². The van der Waals surface area contributed by atoms with Gasteiger partial charge in [0, 0.05) is 26.2 Å². The number of carbonyl (C=O) groups is 3. The van der Waals surface area contributed by atoms with Crippen LogP contribution < -0.4 is 4.90 Å². The van der Waals surface area contributed by atoms with Crippen molar-refractivity contribution in [3.63, 3.8) is 0 Å². The number of imide groups is 1. The molecule has 4 amide bonds. The Labute approximate surface area is 140 Å². The van der Waals surface area contributed by atoms with E-state index in [0.717, 1.165) is 12.1 Å². The third kappa shape index (κ3) is 1.79. The zero-order valence-corrected chi connectivity index (χ0v) is 14.2. The lowest BCUT2D eigenvalue weighted by Gasteiger charge is -2.23. The molecule has 0 bridgehead atoms. The number of anilines is 1. The van der Waals surface area contributed by atoms with Gasteiger partial charge in [-0.3, -0.25) is 19.2 Å². The molecule has 0 unspecified atom stereocenters. The maximum absolute atomic E-state index is 12.9. The van der Waals surface area contributed by atoms with E-state index in [-0.39, 0.29) is 17.8 Å². The van der Waals surface area contributed by atoms with E-state index >= 15 is 0 Å². The minimum absolute atomic E-state index is 0.204. The molecule has 1 aromatic heterocycles. The highest BCUT2D eigenvalue weighted by Crippen LogP contribution is 2.39. The largest absolute Gasteiger partial charge is 0.328 e. The number of nitrogens with zero attached hydrogens (tertiary/aromatic N) is 5. The van der Waals surface area contributed by atoms with Crippen molar-refractivity contribution in [2.75, 3.05) is 18.0 Å². The first-order chi connectivity index (χ1) is 11.3. The van der Waals surface area contributed by atoms with Crippen LogP contribution in [0.5, 0.6) is 0 Å². The van der Waals surface area contributed by atoms with Crippen LogP contribution >= 0.6 is 0 Å². The fourth-order valence-corrected chi connectivity index (χ4v) is 4.22. The molecule has 3 aliphatic heterocycles. The number of fused-ring (bicyclic) bond motifs is 1. The second-order valence-corrected chi connectivity index (χ2v) is 7.05. The molecular weight excluding hydrogens is 310 g/mol. The van der Waals surface area contributed by atoms with Crippen LogP contribution in [-0.4, -0.2) is 62.1 Å². The van der Waals surface area contributed by atoms with Gasteiger partial charge < -0.3 is 4.90 Å². The molecule has 4 heterocycles. The monoisotopic (exact) mass is 331 g/mol. The minimum Gasteiger partial charge on any atom is -0.310 e. The summed E-state index contributed by atoms with van der Waals surface area (Å²) in [6.45, 7) is 4.74. The molecule has 0 N–H and O–H groups in total. The molecule has 2 atom stereocenters. The fraction of sp³-hybridized carbons (Fsp3) is 0.625. The third-order valence-corrected chi connectivity index (χ3v) is 5.50. The predicted molar refractivity (Wildman–Crippen MR) is 85.3 cm³/mol. The van der Waals surface area contributed by atoms with Gasteiger partial charge in [0.05, 0.1) is 5.69 Å². The summed E-state index contributed by atoms with van der Waals surface area (Å²) in [5.41, 5.74) is 0.0543. The number of aryl methyl sites for hydroxylation is 2. The summed E-state index contributed by atoms with van der Waals surface area (Å²) in [6.07, 6.45) is 1.96. The molecule has 0 spiro atoms. The maximum Gasteiger partial charge on any atom is 0.328 e. The van der Waals surface area contributed by atoms with Crippen molar-refractivity contribution < 1.29 is 14.4 Å². The Balaban J connectivity index is 1.63. The van der Waals surface area contributed by atoms with Crippen molar-refractivity contribution in [3.05, 3.63) is 11.8 Å².